The number of likely N-dealkylation sites (N-methyl/N-ethyl adjacent to an activating group) is 1. The molecule has 2 aliphatic heterocycles. The Morgan fingerprint density at radius 2 is 1.88 bits per heavy atom. The zero-order valence-corrected chi connectivity index (χ0v) is 18.4. The number of benzene rings is 1. The lowest BCUT2D eigenvalue weighted by Crippen LogP contribution is -2.49. The van der Waals surface area contributed by atoms with E-state index in [9.17, 15) is 26.7 Å². The van der Waals surface area contributed by atoms with Gasteiger partial charge in [0.05, 0.1) is 24.2 Å². The fraction of sp³-hybridized carbons (Fsp3) is 0.565. The zero-order chi connectivity index (χ0) is 23.8. The number of rotatable bonds is 5. The van der Waals surface area contributed by atoms with Crippen molar-refractivity contribution >= 4 is 22.4 Å². The molecule has 1 aromatic heterocycles. The molecule has 3 heterocycles. The second kappa shape index (κ2) is 9.13. The highest BCUT2D eigenvalue weighted by Crippen LogP contribution is 2.40. The van der Waals surface area contributed by atoms with E-state index in [4.69, 9.17) is 0 Å². The highest BCUT2D eigenvalue weighted by atomic mass is 19.4. The van der Waals surface area contributed by atoms with Crippen LogP contribution in [0.3, 0.4) is 0 Å². The minimum absolute atomic E-state index is 0.0231. The number of hydrogen-bond donors (Lipinski definition) is 0. The summed E-state index contributed by atoms with van der Waals surface area (Å²) >= 11 is 0. The van der Waals surface area contributed by atoms with Gasteiger partial charge in [-0.25, -0.2) is 8.78 Å². The smallest absolute Gasteiger partial charge is 0.365 e. The Kier molecular flexibility index (Phi) is 6.59. The molecule has 1 atom stereocenters. The molecule has 0 aliphatic carbocycles. The van der Waals surface area contributed by atoms with Gasteiger partial charge in [0, 0.05) is 62.8 Å². The molecule has 180 valence electrons. The van der Waals surface area contributed by atoms with E-state index in [-0.39, 0.29) is 41.9 Å². The number of ketones is 1. The summed E-state index contributed by atoms with van der Waals surface area (Å²) in [6, 6.07) is 5.08. The van der Waals surface area contributed by atoms with Crippen LogP contribution in [0, 0.1) is 5.92 Å². The lowest BCUT2D eigenvalue weighted by molar-refractivity contribution is -0.136. The van der Waals surface area contributed by atoms with Gasteiger partial charge < -0.3 is 9.80 Å². The molecule has 5 nitrogen and oxygen atoms in total. The van der Waals surface area contributed by atoms with Crippen molar-refractivity contribution < 1.29 is 26.7 Å². The van der Waals surface area contributed by atoms with Gasteiger partial charge in [0.15, 0.2) is 0 Å². The number of anilines is 1. The number of hydrogen-bond acceptors (Lipinski definition) is 5. The summed E-state index contributed by atoms with van der Waals surface area (Å²) in [6.07, 6.45) is -3.73. The number of Topliss-reactive ketones (excluding diaryl/α,β-unsaturated/α-hetero) is 1. The van der Waals surface area contributed by atoms with Gasteiger partial charge in [-0.1, -0.05) is 0 Å². The first-order chi connectivity index (χ1) is 15.5. The minimum atomic E-state index is -4.60. The number of alkyl halides is 5. The maximum Gasteiger partial charge on any atom is 0.418 e. The van der Waals surface area contributed by atoms with Crippen molar-refractivity contribution in [1.29, 1.82) is 0 Å². The second-order valence-corrected chi connectivity index (χ2v) is 9.16. The summed E-state index contributed by atoms with van der Waals surface area (Å²) in [4.78, 5) is 22.1. The number of piperidine rings is 1. The lowest BCUT2D eigenvalue weighted by atomic mass is 9.89. The van der Waals surface area contributed by atoms with Gasteiger partial charge in [-0.05, 0) is 37.2 Å². The van der Waals surface area contributed by atoms with Crippen LogP contribution in [0.2, 0.25) is 0 Å². The summed E-state index contributed by atoms with van der Waals surface area (Å²) in [5, 5.41) is 0.174. The van der Waals surface area contributed by atoms with Crippen LogP contribution in [0.4, 0.5) is 27.6 Å². The van der Waals surface area contributed by atoms with Crippen molar-refractivity contribution in [3.63, 3.8) is 0 Å². The van der Waals surface area contributed by atoms with E-state index in [0.717, 1.165) is 32.2 Å². The van der Waals surface area contributed by atoms with Crippen LogP contribution in [0.25, 0.3) is 10.9 Å². The van der Waals surface area contributed by atoms with E-state index in [0.29, 0.717) is 0 Å². The Labute approximate surface area is 189 Å². The Bertz CT molecular complexity index is 1000. The number of carbonyl (C=O) groups is 1. The van der Waals surface area contributed by atoms with E-state index < -0.39 is 36.5 Å². The molecule has 0 bridgehead atoms. The molecule has 0 N–H and O–H groups in total. The van der Waals surface area contributed by atoms with Crippen molar-refractivity contribution in [2.24, 2.45) is 5.92 Å². The highest BCUT2D eigenvalue weighted by molar-refractivity contribution is 5.94. The third-order valence-corrected chi connectivity index (χ3v) is 6.39. The molecule has 1 unspecified atom stereocenters. The van der Waals surface area contributed by atoms with Crippen LogP contribution in [0.15, 0.2) is 30.5 Å². The number of pyridine rings is 1. The van der Waals surface area contributed by atoms with Gasteiger partial charge in [-0.15, -0.1) is 0 Å². The van der Waals surface area contributed by atoms with Crippen LogP contribution in [-0.2, 0) is 11.0 Å². The van der Waals surface area contributed by atoms with Crippen LogP contribution in [0.1, 0.15) is 18.4 Å². The maximum atomic E-state index is 14.6. The first kappa shape index (κ1) is 23.8. The normalized spacial score (nSPS) is 22.6. The third kappa shape index (κ3) is 5.60. The summed E-state index contributed by atoms with van der Waals surface area (Å²) < 4.78 is 69.5. The molecule has 2 aliphatic rings. The predicted octanol–water partition coefficient (Wildman–Crippen LogP) is 3.92. The van der Waals surface area contributed by atoms with Gasteiger partial charge in [0.1, 0.15) is 5.78 Å². The fourth-order valence-corrected chi connectivity index (χ4v) is 4.83. The molecule has 2 aromatic rings. The molecular formula is C23H27F5N4O. The highest BCUT2D eigenvalue weighted by Gasteiger charge is 2.42. The minimum Gasteiger partial charge on any atom is -0.365 e. The quantitative estimate of drug-likeness (QED) is 0.620. The number of nitrogens with zero attached hydrogens (tertiary/aromatic N) is 4. The summed E-state index contributed by atoms with van der Waals surface area (Å²) in [5.74, 6) is -3.71. The van der Waals surface area contributed by atoms with Gasteiger partial charge in [0.25, 0.3) is 5.92 Å². The molecule has 10 heteroatoms. The molecule has 0 spiro atoms. The van der Waals surface area contributed by atoms with Gasteiger partial charge in [0.2, 0.25) is 0 Å². The zero-order valence-electron chi connectivity index (χ0n) is 18.4. The standard InChI is InChI=1S/C23H27F5N4O/c1-30-7-9-31(10-8-30)14-17(33)11-16-12-22(24,25)15-32(13-16)20-5-4-19(23(26,27)28)21-18(20)3-2-6-29-21/h2-6,16H,7-15H2,1H3. The number of aromatic nitrogens is 1. The van der Waals surface area contributed by atoms with Crippen LogP contribution >= 0.6 is 0 Å². The molecule has 33 heavy (non-hydrogen) atoms. The van der Waals surface area contributed by atoms with Crippen LogP contribution < -0.4 is 4.90 Å². The van der Waals surface area contributed by atoms with E-state index in [1.807, 2.05) is 11.9 Å². The average Bonchev–Trinajstić information content (AvgIpc) is 2.72. The number of piperazine rings is 1. The topological polar surface area (TPSA) is 39.7 Å². The van der Waals surface area contributed by atoms with Gasteiger partial charge in [-0.3, -0.25) is 14.7 Å². The van der Waals surface area contributed by atoms with Crippen molar-refractivity contribution in [2.75, 3.05) is 57.8 Å². The number of halogens is 5. The van der Waals surface area contributed by atoms with E-state index >= 15 is 0 Å². The van der Waals surface area contributed by atoms with Crippen molar-refractivity contribution in [3.8, 4) is 0 Å². The number of carbonyl (C=O) groups excluding carboxylic acids is 1. The summed E-state index contributed by atoms with van der Waals surface area (Å²) in [6.45, 7) is 3.06. The van der Waals surface area contributed by atoms with E-state index in [1.54, 1.807) is 0 Å². The molecule has 2 fully saturated rings. The molecule has 0 radical (unpaired) electrons. The van der Waals surface area contributed by atoms with Crippen LogP contribution in [-0.4, -0.2) is 79.4 Å². The monoisotopic (exact) mass is 470 g/mol. The Morgan fingerprint density at radius 3 is 2.58 bits per heavy atom. The second-order valence-electron chi connectivity index (χ2n) is 9.16. The Balaban J connectivity index is 1.53. The van der Waals surface area contributed by atoms with Gasteiger partial charge >= 0.3 is 6.18 Å². The van der Waals surface area contributed by atoms with Gasteiger partial charge in [-0.2, -0.15) is 13.2 Å². The molecule has 0 saturated carbocycles. The third-order valence-electron chi connectivity index (χ3n) is 6.39. The van der Waals surface area contributed by atoms with E-state index in [1.165, 1.54) is 29.3 Å². The van der Waals surface area contributed by atoms with E-state index in [2.05, 4.69) is 9.88 Å². The molecule has 4 rings (SSSR count). The Morgan fingerprint density at radius 1 is 1.15 bits per heavy atom. The first-order valence-corrected chi connectivity index (χ1v) is 11.0. The molecule has 2 saturated heterocycles. The molecule has 1 aromatic carbocycles. The predicted molar refractivity (Wildman–Crippen MR) is 116 cm³/mol. The van der Waals surface area contributed by atoms with Crippen LogP contribution in [0.5, 0.6) is 0 Å². The fourth-order valence-electron chi connectivity index (χ4n) is 4.83. The van der Waals surface area contributed by atoms with Crippen molar-refractivity contribution in [2.45, 2.75) is 24.9 Å². The summed E-state index contributed by atoms with van der Waals surface area (Å²) in [7, 11) is 2.01. The summed E-state index contributed by atoms with van der Waals surface area (Å²) in [5.41, 5.74) is -0.884. The van der Waals surface area contributed by atoms with Crippen molar-refractivity contribution in [1.82, 2.24) is 14.8 Å². The number of fused-ring (bicyclic) bond motifs is 1. The maximum absolute atomic E-state index is 14.6. The Hall–Kier alpha value is -2.33. The SMILES string of the molecule is CN1CCN(CC(=O)CC2CN(c3ccc(C(F)(F)F)c4ncccc34)CC(F)(F)C2)CC1. The molecular weight excluding hydrogens is 443 g/mol. The molecule has 0 amide bonds. The first-order valence-electron chi connectivity index (χ1n) is 11.0. The lowest BCUT2D eigenvalue weighted by Gasteiger charge is -2.39. The van der Waals surface area contributed by atoms with Crippen molar-refractivity contribution in [3.05, 3.63) is 36.0 Å². The largest absolute Gasteiger partial charge is 0.418 e. The average molecular weight is 470 g/mol.